The Bertz CT molecular complexity index is 394. The molecule has 4 N–H and O–H groups in total. The van der Waals surface area contributed by atoms with Crippen molar-refractivity contribution in [2.24, 2.45) is 5.92 Å². The van der Waals surface area contributed by atoms with Crippen LogP contribution in [0.15, 0.2) is 23.5 Å². The van der Waals surface area contributed by atoms with E-state index in [9.17, 15) is 14.4 Å². The Kier molecular flexibility index (Phi) is 2.75. The van der Waals surface area contributed by atoms with Crippen LogP contribution in [0, 0.1) is 5.92 Å². The Balaban J connectivity index is 3.27. The minimum absolute atomic E-state index is 0.627. The molecular weight excluding hydrogens is 206 g/mol. The van der Waals surface area contributed by atoms with Crippen LogP contribution in [0.5, 0.6) is 0 Å². The maximum absolute atomic E-state index is 10.7. The van der Waals surface area contributed by atoms with E-state index < -0.39 is 35.1 Å². The first-order chi connectivity index (χ1) is 6.95. The molecule has 80 valence electrons. The van der Waals surface area contributed by atoms with Gasteiger partial charge in [-0.05, 0) is 12.3 Å². The van der Waals surface area contributed by atoms with Gasteiger partial charge in [0.15, 0.2) is 0 Å². The monoisotopic (exact) mass is 213 g/mol. The summed E-state index contributed by atoms with van der Waals surface area (Å²) in [7, 11) is 0. The van der Waals surface area contributed by atoms with E-state index in [1.54, 1.807) is 0 Å². The number of rotatable bonds is 3. The average molecular weight is 213 g/mol. The highest BCUT2D eigenvalue weighted by molar-refractivity contribution is 6.03. The van der Waals surface area contributed by atoms with Crippen molar-refractivity contribution in [3.63, 3.8) is 0 Å². The van der Waals surface area contributed by atoms with E-state index in [4.69, 9.17) is 15.3 Å². The topological polar surface area (TPSA) is 124 Å². The smallest absolute Gasteiger partial charge is 0.352 e. The molecule has 0 aromatic heterocycles. The quantitative estimate of drug-likeness (QED) is 0.485. The van der Waals surface area contributed by atoms with Crippen LogP contribution >= 0.6 is 0 Å². The van der Waals surface area contributed by atoms with E-state index in [2.05, 4.69) is 5.32 Å². The van der Waals surface area contributed by atoms with Gasteiger partial charge in [-0.2, -0.15) is 0 Å². The van der Waals surface area contributed by atoms with Crippen molar-refractivity contribution in [2.75, 3.05) is 0 Å². The molecule has 1 aliphatic rings. The molecule has 0 spiro atoms. The summed E-state index contributed by atoms with van der Waals surface area (Å²) in [4.78, 5) is 32.0. The Morgan fingerprint density at radius 2 is 1.73 bits per heavy atom. The third-order valence-corrected chi connectivity index (χ3v) is 1.81. The minimum atomic E-state index is -1.57. The van der Waals surface area contributed by atoms with E-state index >= 15 is 0 Å². The molecule has 7 heteroatoms. The SMILES string of the molecule is O=C(O)C1=C(C(=O)O)C(C(=O)O)C=CN1. The summed E-state index contributed by atoms with van der Waals surface area (Å²) in [5.74, 6) is -5.95. The van der Waals surface area contributed by atoms with Crippen molar-refractivity contribution in [3.8, 4) is 0 Å². The highest BCUT2D eigenvalue weighted by atomic mass is 16.4. The molecule has 0 amide bonds. The third kappa shape index (κ3) is 1.96. The van der Waals surface area contributed by atoms with Crippen LogP contribution in [-0.2, 0) is 14.4 Å². The summed E-state index contributed by atoms with van der Waals surface area (Å²) < 4.78 is 0. The van der Waals surface area contributed by atoms with Crippen molar-refractivity contribution in [3.05, 3.63) is 23.5 Å². The van der Waals surface area contributed by atoms with Gasteiger partial charge in [-0.3, -0.25) is 4.79 Å². The summed E-state index contributed by atoms with van der Waals surface area (Å²) >= 11 is 0. The van der Waals surface area contributed by atoms with E-state index in [1.807, 2.05) is 0 Å². The lowest BCUT2D eigenvalue weighted by atomic mass is 9.95. The van der Waals surface area contributed by atoms with Crippen LogP contribution in [0.1, 0.15) is 0 Å². The van der Waals surface area contributed by atoms with Crippen molar-refractivity contribution in [1.82, 2.24) is 5.32 Å². The largest absolute Gasteiger partial charge is 0.481 e. The van der Waals surface area contributed by atoms with E-state index in [0.29, 0.717) is 0 Å². The zero-order valence-electron chi connectivity index (χ0n) is 7.30. The van der Waals surface area contributed by atoms with Crippen LogP contribution < -0.4 is 5.32 Å². The Labute approximate surface area is 83.3 Å². The third-order valence-electron chi connectivity index (χ3n) is 1.81. The number of hydrogen-bond donors (Lipinski definition) is 4. The Morgan fingerprint density at radius 1 is 1.13 bits per heavy atom. The predicted octanol–water partition coefficient (Wildman–Crippen LogP) is -0.773. The number of carboxylic acids is 3. The van der Waals surface area contributed by atoms with Gasteiger partial charge in [0.1, 0.15) is 11.6 Å². The fraction of sp³-hybridized carbons (Fsp3) is 0.125. The van der Waals surface area contributed by atoms with Crippen LogP contribution in [0.3, 0.4) is 0 Å². The number of carbonyl (C=O) groups is 3. The van der Waals surface area contributed by atoms with Gasteiger partial charge in [0.25, 0.3) is 0 Å². The molecule has 0 saturated carbocycles. The van der Waals surface area contributed by atoms with Gasteiger partial charge in [-0.25, -0.2) is 9.59 Å². The summed E-state index contributed by atoms with van der Waals surface area (Å²) in [6, 6.07) is 0. The van der Waals surface area contributed by atoms with E-state index in [1.165, 1.54) is 0 Å². The molecule has 7 nitrogen and oxygen atoms in total. The molecule has 0 fully saturated rings. The zero-order chi connectivity index (χ0) is 11.6. The first-order valence-electron chi connectivity index (χ1n) is 3.82. The van der Waals surface area contributed by atoms with Crippen molar-refractivity contribution in [2.45, 2.75) is 0 Å². The molecule has 1 unspecified atom stereocenters. The van der Waals surface area contributed by atoms with Crippen LogP contribution in [0.4, 0.5) is 0 Å². The molecular formula is C8H7NO6. The number of carboxylic acid groups (broad SMARTS) is 3. The Morgan fingerprint density at radius 3 is 2.13 bits per heavy atom. The maximum Gasteiger partial charge on any atom is 0.352 e. The lowest BCUT2D eigenvalue weighted by Gasteiger charge is -2.17. The molecule has 1 atom stereocenters. The van der Waals surface area contributed by atoms with Gasteiger partial charge in [0.2, 0.25) is 0 Å². The van der Waals surface area contributed by atoms with E-state index in [0.717, 1.165) is 12.3 Å². The van der Waals surface area contributed by atoms with Gasteiger partial charge in [0.05, 0.1) is 5.57 Å². The van der Waals surface area contributed by atoms with Gasteiger partial charge >= 0.3 is 17.9 Å². The minimum Gasteiger partial charge on any atom is -0.481 e. The first kappa shape index (κ1) is 10.8. The van der Waals surface area contributed by atoms with Crippen LogP contribution in [0.25, 0.3) is 0 Å². The van der Waals surface area contributed by atoms with Gasteiger partial charge in [-0.1, -0.05) is 0 Å². The molecule has 15 heavy (non-hydrogen) atoms. The number of aliphatic carboxylic acids is 3. The number of hydrogen-bond acceptors (Lipinski definition) is 4. The van der Waals surface area contributed by atoms with Crippen LogP contribution in [0.2, 0.25) is 0 Å². The molecule has 0 aliphatic carbocycles. The van der Waals surface area contributed by atoms with E-state index in [-0.39, 0.29) is 0 Å². The molecule has 0 saturated heterocycles. The number of nitrogens with one attached hydrogen (secondary N) is 1. The maximum atomic E-state index is 10.7. The fourth-order valence-electron chi connectivity index (χ4n) is 1.18. The van der Waals surface area contributed by atoms with Crippen molar-refractivity contribution in [1.29, 1.82) is 0 Å². The highest BCUT2D eigenvalue weighted by Crippen LogP contribution is 2.20. The molecule has 1 aliphatic heterocycles. The van der Waals surface area contributed by atoms with Crippen molar-refractivity contribution < 1.29 is 29.7 Å². The lowest BCUT2D eigenvalue weighted by molar-refractivity contribution is -0.142. The standard InChI is InChI=1S/C8H7NO6/c10-6(11)3-1-2-9-5(8(14)15)4(3)7(12)13/h1-3,9H,(H,10,11)(H,12,13)(H,14,15). The lowest BCUT2D eigenvalue weighted by Crippen LogP contribution is -2.31. The second-order valence-electron chi connectivity index (χ2n) is 2.72. The molecule has 0 bridgehead atoms. The fourth-order valence-corrected chi connectivity index (χ4v) is 1.18. The normalized spacial score (nSPS) is 19.6. The molecule has 1 rings (SSSR count). The van der Waals surface area contributed by atoms with Gasteiger partial charge < -0.3 is 20.6 Å². The molecule has 0 aromatic rings. The molecule has 0 aromatic carbocycles. The molecule has 0 radical (unpaired) electrons. The second kappa shape index (κ2) is 3.82. The van der Waals surface area contributed by atoms with Crippen molar-refractivity contribution >= 4 is 17.9 Å². The predicted molar refractivity (Wildman–Crippen MR) is 45.7 cm³/mol. The molecule has 1 heterocycles. The summed E-state index contributed by atoms with van der Waals surface area (Å²) in [5.41, 5.74) is -1.31. The summed E-state index contributed by atoms with van der Waals surface area (Å²) in [6.45, 7) is 0. The zero-order valence-corrected chi connectivity index (χ0v) is 7.30. The highest BCUT2D eigenvalue weighted by Gasteiger charge is 2.33. The first-order valence-corrected chi connectivity index (χ1v) is 3.82. The van der Waals surface area contributed by atoms with Gasteiger partial charge in [0, 0.05) is 0 Å². The Hall–Kier alpha value is -2.31. The number of dihydropyridines is 1. The average Bonchev–Trinajstić information content (AvgIpc) is 2.16. The van der Waals surface area contributed by atoms with Crippen LogP contribution in [-0.4, -0.2) is 33.2 Å². The summed E-state index contributed by atoms with van der Waals surface area (Å²) in [5, 5.41) is 28.2. The van der Waals surface area contributed by atoms with Gasteiger partial charge in [-0.15, -0.1) is 0 Å². The second-order valence-corrected chi connectivity index (χ2v) is 2.72. The summed E-state index contributed by atoms with van der Waals surface area (Å²) in [6.07, 6.45) is 2.16.